The molecule has 0 unspecified atom stereocenters. The van der Waals surface area contributed by atoms with E-state index in [2.05, 4.69) is 4.99 Å². The molecule has 0 saturated heterocycles. The zero-order valence-electron chi connectivity index (χ0n) is 8.91. The van der Waals surface area contributed by atoms with Crippen LogP contribution in [0.1, 0.15) is 5.56 Å². The predicted octanol–water partition coefficient (Wildman–Crippen LogP) is 2.55. The maximum Gasteiger partial charge on any atom is 0.166 e. The van der Waals surface area contributed by atoms with Crippen molar-refractivity contribution >= 4 is 11.9 Å². The third kappa shape index (κ3) is 2.55. The van der Waals surface area contributed by atoms with E-state index in [0.717, 1.165) is 0 Å². The van der Waals surface area contributed by atoms with Gasteiger partial charge >= 0.3 is 0 Å². The highest BCUT2D eigenvalue weighted by atomic mass is 16.3. The lowest BCUT2D eigenvalue weighted by Crippen LogP contribution is -1.82. The van der Waals surface area contributed by atoms with Crippen molar-refractivity contribution in [3.63, 3.8) is 0 Å². The summed E-state index contributed by atoms with van der Waals surface area (Å²) in [7, 11) is 0. The minimum absolute atomic E-state index is 0.125. The molecule has 4 heteroatoms. The Morgan fingerprint density at radius 3 is 2.47 bits per heavy atom. The summed E-state index contributed by atoms with van der Waals surface area (Å²) in [6, 6.07) is 11.1. The quantitative estimate of drug-likeness (QED) is 0.547. The van der Waals surface area contributed by atoms with Crippen LogP contribution in [-0.4, -0.2) is 21.5 Å². The monoisotopic (exact) mass is 229 g/mol. The summed E-state index contributed by atoms with van der Waals surface area (Å²) < 4.78 is 0. The fourth-order valence-corrected chi connectivity index (χ4v) is 1.37. The molecule has 4 nitrogen and oxygen atoms in total. The van der Waals surface area contributed by atoms with Crippen molar-refractivity contribution in [3.05, 3.63) is 48.0 Å². The van der Waals surface area contributed by atoms with Crippen molar-refractivity contribution in [1.82, 2.24) is 0 Å². The summed E-state index contributed by atoms with van der Waals surface area (Å²) >= 11 is 0. The Labute approximate surface area is 98.1 Å². The summed E-state index contributed by atoms with van der Waals surface area (Å²) in [5, 5.41) is 28.1. The predicted molar refractivity (Wildman–Crippen MR) is 65.1 cm³/mol. The van der Waals surface area contributed by atoms with Gasteiger partial charge in [-0.1, -0.05) is 12.1 Å². The summed E-state index contributed by atoms with van der Waals surface area (Å²) in [5.41, 5.74) is 0.973. The highest BCUT2D eigenvalue weighted by Gasteiger charge is 2.02. The number of rotatable bonds is 2. The van der Waals surface area contributed by atoms with Gasteiger partial charge in [-0.05, 0) is 24.3 Å². The van der Waals surface area contributed by atoms with Gasteiger partial charge in [0, 0.05) is 17.8 Å². The Hall–Kier alpha value is -2.49. The molecule has 0 atom stereocenters. The van der Waals surface area contributed by atoms with Gasteiger partial charge in [-0.25, -0.2) is 0 Å². The van der Waals surface area contributed by atoms with Crippen LogP contribution in [0.25, 0.3) is 0 Å². The van der Waals surface area contributed by atoms with Crippen molar-refractivity contribution in [1.29, 1.82) is 0 Å². The van der Waals surface area contributed by atoms with Gasteiger partial charge in [0.1, 0.15) is 5.75 Å². The molecule has 17 heavy (non-hydrogen) atoms. The topological polar surface area (TPSA) is 73.1 Å². The van der Waals surface area contributed by atoms with Crippen molar-refractivity contribution in [2.45, 2.75) is 0 Å². The van der Waals surface area contributed by atoms with Crippen LogP contribution in [0, 0.1) is 0 Å². The summed E-state index contributed by atoms with van der Waals surface area (Å²) in [4.78, 5) is 4.08. The number of benzene rings is 2. The van der Waals surface area contributed by atoms with Crippen LogP contribution in [0.4, 0.5) is 5.69 Å². The molecule has 0 aromatic heterocycles. The lowest BCUT2D eigenvalue weighted by atomic mass is 10.2. The number of aliphatic imine (C=N–C) groups is 1. The highest BCUT2D eigenvalue weighted by Crippen LogP contribution is 2.27. The van der Waals surface area contributed by atoms with Crippen molar-refractivity contribution in [2.24, 2.45) is 4.99 Å². The van der Waals surface area contributed by atoms with Crippen LogP contribution in [-0.2, 0) is 0 Å². The van der Waals surface area contributed by atoms with E-state index in [0.29, 0.717) is 11.3 Å². The van der Waals surface area contributed by atoms with Gasteiger partial charge in [0.25, 0.3) is 0 Å². The molecule has 0 spiro atoms. The molecule has 0 aliphatic heterocycles. The van der Waals surface area contributed by atoms with Crippen LogP contribution in [0.3, 0.4) is 0 Å². The minimum Gasteiger partial charge on any atom is -0.508 e. The Kier molecular flexibility index (Phi) is 2.96. The molecule has 0 bridgehead atoms. The second kappa shape index (κ2) is 4.57. The molecule has 3 N–H and O–H groups in total. The molecule has 0 aliphatic carbocycles. The van der Waals surface area contributed by atoms with Gasteiger partial charge in [0.15, 0.2) is 11.5 Å². The standard InChI is InChI=1S/C13H11NO3/c15-11-5-2-4-10(7-11)14-8-9-3-1-6-12(16)13(9)17/h1-8,15-17H. The van der Waals surface area contributed by atoms with Gasteiger partial charge in [-0.2, -0.15) is 0 Å². The molecule has 2 aromatic carbocycles. The first-order chi connectivity index (χ1) is 8.16. The largest absolute Gasteiger partial charge is 0.508 e. The van der Waals surface area contributed by atoms with Crippen LogP contribution >= 0.6 is 0 Å². The fraction of sp³-hybridized carbons (Fsp3) is 0. The van der Waals surface area contributed by atoms with E-state index in [9.17, 15) is 15.3 Å². The SMILES string of the molecule is Oc1cccc(N=Cc2cccc(O)c2O)c1. The van der Waals surface area contributed by atoms with E-state index in [4.69, 9.17) is 0 Å². The fourth-order valence-electron chi connectivity index (χ4n) is 1.37. The molecule has 0 aliphatic rings. The molecular weight excluding hydrogens is 218 g/mol. The van der Waals surface area contributed by atoms with Gasteiger partial charge in [0.05, 0.1) is 5.69 Å². The highest BCUT2D eigenvalue weighted by molar-refractivity contribution is 5.86. The molecule has 0 saturated carbocycles. The molecular formula is C13H11NO3. The van der Waals surface area contributed by atoms with Crippen molar-refractivity contribution < 1.29 is 15.3 Å². The summed E-state index contributed by atoms with van der Waals surface area (Å²) in [6.45, 7) is 0. The second-order valence-electron chi connectivity index (χ2n) is 3.49. The molecule has 2 rings (SSSR count). The minimum atomic E-state index is -0.212. The number of phenolic OH excluding ortho intramolecular Hbond substituents is 3. The van der Waals surface area contributed by atoms with Crippen LogP contribution < -0.4 is 0 Å². The number of hydrogen-bond donors (Lipinski definition) is 3. The second-order valence-corrected chi connectivity index (χ2v) is 3.49. The molecule has 0 fully saturated rings. The van der Waals surface area contributed by atoms with E-state index in [1.807, 2.05) is 0 Å². The van der Waals surface area contributed by atoms with Crippen LogP contribution in [0.5, 0.6) is 17.2 Å². The Balaban J connectivity index is 2.29. The molecule has 0 heterocycles. The van der Waals surface area contributed by atoms with Gasteiger partial charge in [0.2, 0.25) is 0 Å². The zero-order valence-corrected chi connectivity index (χ0v) is 8.91. The first-order valence-electron chi connectivity index (χ1n) is 5.01. The van der Waals surface area contributed by atoms with Crippen molar-refractivity contribution in [2.75, 3.05) is 0 Å². The number of para-hydroxylation sites is 1. The molecule has 0 radical (unpaired) electrons. The molecule has 86 valence electrons. The van der Waals surface area contributed by atoms with E-state index in [-0.39, 0.29) is 17.2 Å². The Bertz CT molecular complexity index is 564. The smallest absolute Gasteiger partial charge is 0.166 e. The normalized spacial score (nSPS) is 10.8. The Morgan fingerprint density at radius 2 is 1.71 bits per heavy atom. The van der Waals surface area contributed by atoms with E-state index >= 15 is 0 Å². The van der Waals surface area contributed by atoms with Crippen molar-refractivity contribution in [3.8, 4) is 17.2 Å². The zero-order chi connectivity index (χ0) is 12.3. The molecule has 0 amide bonds. The van der Waals surface area contributed by atoms with E-state index in [1.165, 1.54) is 18.3 Å². The number of aromatic hydroxyl groups is 3. The Morgan fingerprint density at radius 1 is 0.941 bits per heavy atom. The average molecular weight is 229 g/mol. The number of hydrogen-bond acceptors (Lipinski definition) is 4. The maximum atomic E-state index is 9.54. The lowest BCUT2D eigenvalue weighted by molar-refractivity contribution is 0.403. The number of phenols is 3. The van der Waals surface area contributed by atoms with Gasteiger partial charge in [-0.3, -0.25) is 4.99 Å². The maximum absolute atomic E-state index is 9.54. The molecule has 2 aromatic rings. The summed E-state index contributed by atoms with van der Waals surface area (Å²) in [6.07, 6.45) is 1.42. The first kappa shape index (κ1) is 11.0. The average Bonchev–Trinajstić information content (AvgIpc) is 2.31. The number of nitrogens with zero attached hydrogens (tertiary/aromatic N) is 1. The third-order valence-electron chi connectivity index (χ3n) is 2.23. The summed E-state index contributed by atoms with van der Waals surface area (Å²) in [5.74, 6) is -0.277. The van der Waals surface area contributed by atoms with Gasteiger partial charge < -0.3 is 15.3 Å². The first-order valence-corrected chi connectivity index (χ1v) is 5.01. The third-order valence-corrected chi connectivity index (χ3v) is 2.23. The van der Waals surface area contributed by atoms with Gasteiger partial charge in [-0.15, -0.1) is 0 Å². The van der Waals surface area contributed by atoms with E-state index < -0.39 is 0 Å². The van der Waals surface area contributed by atoms with Crippen LogP contribution in [0.15, 0.2) is 47.5 Å². The lowest BCUT2D eigenvalue weighted by Gasteiger charge is -2.00. The van der Waals surface area contributed by atoms with E-state index in [1.54, 1.807) is 30.3 Å². The van der Waals surface area contributed by atoms with Crippen LogP contribution in [0.2, 0.25) is 0 Å².